The van der Waals surface area contributed by atoms with Crippen LogP contribution < -0.4 is 15.4 Å². The highest BCUT2D eigenvalue weighted by Crippen LogP contribution is 2.36. The number of pyridine rings is 1. The SMILES string of the molecule is CCCOc1ncccc1CN=C(NCC)NCC1(C)CCCS1. The lowest BCUT2D eigenvalue weighted by molar-refractivity contribution is 0.302. The van der Waals surface area contributed by atoms with E-state index in [0.29, 0.717) is 23.8 Å². The van der Waals surface area contributed by atoms with Crippen molar-refractivity contribution in [3.63, 3.8) is 0 Å². The minimum absolute atomic E-state index is 0.319. The average molecular weight is 351 g/mol. The molecule has 5 nitrogen and oxygen atoms in total. The van der Waals surface area contributed by atoms with Crippen LogP contribution >= 0.6 is 11.8 Å². The Bertz CT molecular complexity index is 530. The van der Waals surface area contributed by atoms with Crippen molar-refractivity contribution in [2.75, 3.05) is 25.4 Å². The second-order valence-corrected chi connectivity index (χ2v) is 7.95. The predicted molar refractivity (Wildman–Crippen MR) is 103 cm³/mol. The summed E-state index contributed by atoms with van der Waals surface area (Å²) in [7, 11) is 0. The first-order valence-corrected chi connectivity index (χ1v) is 9.88. The van der Waals surface area contributed by atoms with Crippen LogP contribution in [0, 0.1) is 0 Å². The van der Waals surface area contributed by atoms with Gasteiger partial charge in [-0.2, -0.15) is 11.8 Å². The molecular formula is C18H30N4OS. The Morgan fingerprint density at radius 3 is 3.00 bits per heavy atom. The van der Waals surface area contributed by atoms with E-state index in [0.717, 1.165) is 31.0 Å². The summed E-state index contributed by atoms with van der Waals surface area (Å²) in [5, 5.41) is 6.82. The van der Waals surface area contributed by atoms with Crippen molar-refractivity contribution in [2.24, 2.45) is 4.99 Å². The van der Waals surface area contributed by atoms with Crippen molar-refractivity contribution in [3.05, 3.63) is 23.9 Å². The van der Waals surface area contributed by atoms with Gasteiger partial charge in [-0.1, -0.05) is 13.0 Å². The van der Waals surface area contributed by atoms with Crippen LogP contribution in [0.15, 0.2) is 23.3 Å². The zero-order valence-corrected chi connectivity index (χ0v) is 15.9. The lowest BCUT2D eigenvalue weighted by Crippen LogP contribution is -2.43. The molecule has 0 saturated carbocycles. The molecule has 2 heterocycles. The van der Waals surface area contributed by atoms with Crippen LogP contribution in [-0.4, -0.2) is 41.1 Å². The van der Waals surface area contributed by atoms with E-state index in [1.165, 1.54) is 18.6 Å². The number of nitrogens with one attached hydrogen (secondary N) is 2. The number of ether oxygens (including phenoxy) is 1. The molecule has 1 atom stereocenters. The number of thioether (sulfide) groups is 1. The maximum absolute atomic E-state index is 5.71. The number of hydrogen-bond donors (Lipinski definition) is 2. The molecule has 6 heteroatoms. The third-order valence-corrected chi connectivity index (χ3v) is 5.51. The van der Waals surface area contributed by atoms with Gasteiger partial charge in [0.05, 0.1) is 13.2 Å². The van der Waals surface area contributed by atoms with Crippen LogP contribution in [0.1, 0.15) is 45.6 Å². The summed E-state index contributed by atoms with van der Waals surface area (Å²) in [5.74, 6) is 2.81. The van der Waals surface area contributed by atoms with Crippen molar-refractivity contribution in [2.45, 2.75) is 51.3 Å². The Morgan fingerprint density at radius 1 is 1.42 bits per heavy atom. The fourth-order valence-corrected chi connectivity index (χ4v) is 3.87. The molecule has 0 aliphatic carbocycles. The molecule has 1 aliphatic heterocycles. The highest BCUT2D eigenvalue weighted by atomic mass is 32.2. The van der Waals surface area contributed by atoms with Gasteiger partial charge < -0.3 is 15.4 Å². The van der Waals surface area contributed by atoms with Crippen LogP contribution in [0.4, 0.5) is 0 Å². The minimum Gasteiger partial charge on any atom is -0.477 e. The van der Waals surface area contributed by atoms with E-state index in [1.807, 2.05) is 12.1 Å². The van der Waals surface area contributed by atoms with Crippen LogP contribution in [0.25, 0.3) is 0 Å². The molecule has 1 aromatic rings. The second-order valence-electron chi connectivity index (χ2n) is 6.27. The monoisotopic (exact) mass is 350 g/mol. The van der Waals surface area contributed by atoms with E-state index in [1.54, 1.807) is 6.20 Å². The summed E-state index contributed by atoms with van der Waals surface area (Å²) in [6.07, 6.45) is 5.31. The van der Waals surface area contributed by atoms with Crippen molar-refractivity contribution in [3.8, 4) is 5.88 Å². The first-order valence-electron chi connectivity index (χ1n) is 8.89. The maximum Gasteiger partial charge on any atom is 0.218 e. The Labute approximate surface area is 150 Å². The largest absolute Gasteiger partial charge is 0.477 e. The number of hydrogen-bond acceptors (Lipinski definition) is 4. The van der Waals surface area contributed by atoms with Gasteiger partial charge in [0, 0.05) is 29.6 Å². The first-order chi connectivity index (χ1) is 11.7. The summed E-state index contributed by atoms with van der Waals surface area (Å²) in [6, 6.07) is 3.96. The van der Waals surface area contributed by atoms with E-state index in [9.17, 15) is 0 Å². The summed E-state index contributed by atoms with van der Waals surface area (Å²) in [5.41, 5.74) is 1.02. The van der Waals surface area contributed by atoms with E-state index in [-0.39, 0.29) is 0 Å². The van der Waals surface area contributed by atoms with E-state index in [2.05, 4.69) is 48.2 Å². The number of guanidine groups is 1. The first kappa shape index (κ1) is 18.9. The molecule has 0 aromatic carbocycles. The number of rotatable bonds is 8. The normalized spacial score (nSPS) is 20.9. The van der Waals surface area contributed by atoms with Gasteiger partial charge >= 0.3 is 0 Å². The zero-order chi connectivity index (χ0) is 17.3. The molecule has 1 unspecified atom stereocenters. The van der Waals surface area contributed by atoms with Gasteiger partial charge in [-0.25, -0.2) is 9.98 Å². The second kappa shape index (κ2) is 9.77. The topological polar surface area (TPSA) is 58.5 Å². The molecule has 134 valence electrons. The van der Waals surface area contributed by atoms with Crippen molar-refractivity contribution in [1.29, 1.82) is 0 Å². The van der Waals surface area contributed by atoms with Gasteiger partial charge in [-0.15, -0.1) is 0 Å². The zero-order valence-electron chi connectivity index (χ0n) is 15.1. The average Bonchev–Trinajstić information content (AvgIpc) is 3.03. The Kier molecular flexibility index (Phi) is 7.69. The molecule has 1 fully saturated rings. The molecule has 0 bridgehead atoms. The Balaban J connectivity index is 1.97. The number of aliphatic imine (C=N–C) groups is 1. The van der Waals surface area contributed by atoms with Crippen molar-refractivity contribution in [1.82, 2.24) is 15.6 Å². The molecule has 2 rings (SSSR count). The molecule has 0 spiro atoms. The smallest absolute Gasteiger partial charge is 0.218 e. The molecule has 0 radical (unpaired) electrons. The lowest BCUT2D eigenvalue weighted by Gasteiger charge is -2.24. The van der Waals surface area contributed by atoms with Crippen LogP contribution in [-0.2, 0) is 6.54 Å². The Morgan fingerprint density at radius 2 is 2.29 bits per heavy atom. The predicted octanol–water partition coefficient (Wildman–Crippen LogP) is 3.21. The molecule has 1 saturated heterocycles. The van der Waals surface area contributed by atoms with Crippen LogP contribution in [0.5, 0.6) is 5.88 Å². The quantitative estimate of drug-likeness (QED) is 0.557. The third kappa shape index (κ3) is 5.89. The molecule has 1 aromatic heterocycles. The maximum atomic E-state index is 5.71. The summed E-state index contributed by atoms with van der Waals surface area (Å²) in [4.78, 5) is 9.03. The Hall–Kier alpha value is -1.43. The van der Waals surface area contributed by atoms with Gasteiger partial charge in [0.25, 0.3) is 0 Å². The van der Waals surface area contributed by atoms with Crippen molar-refractivity contribution < 1.29 is 4.74 Å². The lowest BCUT2D eigenvalue weighted by atomic mass is 10.1. The van der Waals surface area contributed by atoms with Gasteiger partial charge in [0.2, 0.25) is 5.88 Å². The highest BCUT2D eigenvalue weighted by Gasteiger charge is 2.29. The fraction of sp³-hybridized carbons (Fsp3) is 0.667. The fourth-order valence-electron chi connectivity index (χ4n) is 2.63. The summed E-state index contributed by atoms with van der Waals surface area (Å²) < 4.78 is 6.03. The van der Waals surface area contributed by atoms with E-state index < -0.39 is 0 Å². The van der Waals surface area contributed by atoms with Crippen LogP contribution in [0.3, 0.4) is 0 Å². The van der Waals surface area contributed by atoms with Gasteiger partial charge in [-0.3, -0.25) is 0 Å². The van der Waals surface area contributed by atoms with Gasteiger partial charge in [0.1, 0.15) is 0 Å². The third-order valence-electron chi connectivity index (χ3n) is 3.97. The molecular weight excluding hydrogens is 320 g/mol. The molecule has 2 N–H and O–H groups in total. The van der Waals surface area contributed by atoms with Crippen LogP contribution in [0.2, 0.25) is 0 Å². The number of aromatic nitrogens is 1. The highest BCUT2D eigenvalue weighted by molar-refractivity contribution is 8.00. The summed E-state index contributed by atoms with van der Waals surface area (Å²) in [6.45, 7) is 9.54. The van der Waals surface area contributed by atoms with E-state index >= 15 is 0 Å². The van der Waals surface area contributed by atoms with E-state index in [4.69, 9.17) is 9.73 Å². The van der Waals surface area contributed by atoms with Crippen molar-refractivity contribution >= 4 is 17.7 Å². The standard InChI is InChI=1S/C18H30N4OS/c1-4-11-23-16-15(8-6-10-20-16)13-21-17(19-5-2)22-14-18(3)9-7-12-24-18/h6,8,10H,4-5,7,9,11-14H2,1-3H3,(H2,19,21,22). The number of nitrogens with zero attached hydrogens (tertiary/aromatic N) is 2. The molecule has 0 amide bonds. The molecule has 24 heavy (non-hydrogen) atoms. The minimum atomic E-state index is 0.319. The van der Waals surface area contributed by atoms with Gasteiger partial charge in [0.15, 0.2) is 5.96 Å². The summed E-state index contributed by atoms with van der Waals surface area (Å²) >= 11 is 2.06. The van der Waals surface area contributed by atoms with Gasteiger partial charge in [-0.05, 0) is 44.9 Å². The molecule has 1 aliphatic rings.